The van der Waals surface area contributed by atoms with E-state index in [1.165, 1.54) is 23.5 Å². The molecule has 0 fully saturated rings. The number of aryl methyl sites for hydroxylation is 1. The quantitative estimate of drug-likeness (QED) is 0.618. The first-order chi connectivity index (χ1) is 12.5. The van der Waals surface area contributed by atoms with Crippen molar-refractivity contribution in [1.29, 1.82) is 0 Å². The zero-order chi connectivity index (χ0) is 18.6. The van der Waals surface area contributed by atoms with Crippen LogP contribution in [0.4, 0.5) is 10.8 Å². The van der Waals surface area contributed by atoms with Crippen molar-refractivity contribution < 1.29 is 8.42 Å². The van der Waals surface area contributed by atoms with Gasteiger partial charge in [-0.25, -0.2) is 8.42 Å². The van der Waals surface area contributed by atoms with E-state index in [4.69, 9.17) is 11.6 Å². The molecule has 0 aliphatic heterocycles. The van der Waals surface area contributed by atoms with E-state index < -0.39 is 10.0 Å². The molecule has 3 aromatic rings. The molecule has 3 rings (SSSR count). The topological polar surface area (TPSA) is 84.3 Å². The van der Waals surface area contributed by atoms with Crippen LogP contribution in [-0.2, 0) is 16.4 Å². The van der Waals surface area contributed by atoms with Crippen LogP contribution in [0.5, 0.6) is 0 Å². The van der Waals surface area contributed by atoms with E-state index in [9.17, 15) is 8.42 Å². The van der Waals surface area contributed by atoms with Crippen LogP contribution in [-0.4, -0.2) is 24.8 Å². The van der Waals surface area contributed by atoms with Gasteiger partial charge >= 0.3 is 0 Å². The number of benzene rings is 2. The molecule has 6 nitrogen and oxygen atoms in total. The van der Waals surface area contributed by atoms with Gasteiger partial charge < -0.3 is 0 Å². The van der Waals surface area contributed by atoms with Crippen molar-refractivity contribution >= 4 is 50.0 Å². The lowest BCUT2D eigenvalue weighted by molar-refractivity contribution is 0.601. The van der Waals surface area contributed by atoms with Gasteiger partial charge in [0.05, 0.1) is 10.6 Å². The standard InChI is InChI=1S/C17H15ClN4O2S2/c1-2-16-20-21-17(25-16)22-26(23,24)15-9-7-14(8-10-15)19-11-12-3-5-13(18)6-4-12/h3-11H,2H2,1H3,(H,21,22). The van der Waals surface area contributed by atoms with Gasteiger partial charge in [0, 0.05) is 11.2 Å². The van der Waals surface area contributed by atoms with Gasteiger partial charge in [-0.15, -0.1) is 10.2 Å². The number of sulfonamides is 1. The van der Waals surface area contributed by atoms with Crippen molar-refractivity contribution in [3.63, 3.8) is 0 Å². The largest absolute Gasteiger partial charge is 0.263 e. The van der Waals surface area contributed by atoms with E-state index >= 15 is 0 Å². The third-order valence-electron chi connectivity index (χ3n) is 3.37. The van der Waals surface area contributed by atoms with E-state index in [0.29, 0.717) is 17.1 Å². The maximum atomic E-state index is 12.4. The Hall–Kier alpha value is -2.29. The lowest BCUT2D eigenvalue weighted by atomic mass is 10.2. The number of anilines is 1. The van der Waals surface area contributed by atoms with E-state index in [1.807, 2.05) is 19.1 Å². The van der Waals surface area contributed by atoms with E-state index in [0.717, 1.165) is 10.6 Å². The van der Waals surface area contributed by atoms with Crippen LogP contribution in [0.1, 0.15) is 17.5 Å². The molecular weight excluding hydrogens is 392 g/mol. The fourth-order valence-corrected chi connectivity index (χ4v) is 4.06. The Labute approximate surface area is 160 Å². The molecule has 0 atom stereocenters. The maximum absolute atomic E-state index is 12.4. The van der Waals surface area contributed by atoms with E-state index in [2.05, 4.69) is 19.9 Å². The van der Waals surface area contributed by atoms with Gasteiger partial charge in [-0.3, -0.25) is 9.71 Å². The normalized spacial score (nSPS) is 11.8. The second kappa shape index (κ2) is 7.94. The van der Waals surface area contributed by atoms with Crippen molar-refractivity contribution in [3.05, 3.63) is 64.1 Å². The number of aliphatic imine (C=N–C) groups is 1. The minimum Gasteiger partial charge on any atom is -0.256 e. The Kier molecular flexibility index (Phi) is 5.65. The summed E-state index contributed by atoms with van der Waals surface area (Å²) in [5.41, 5.74) is 1.54. The predicted octanol–water partition coefficient (Wildman–Crippen LogP) is 4.31. The number of rotatable bonds is 6. The van der Waals surface area contributed by atoms with Crippen LogP contribution < -0.4 is 4.72 Å². The zero-order valence-corrected chi connectivity index (χ0v) is 16.1. The Morgan fingerprint density at radius 3 is 2.42 bits per heavy atom. The summed E-state index contributed by atoms with van der Waals surface area (Å²) >= 11 is 7.06. The van der Waals surface area contributed by atoms with Crippen molar-refractivity contribution in [3.8, 4) is 0 Å². The molecule has 1 N–H and O–H groups in total. The molecule has 0 unspecified atom stereocenters. The molecule has 2 aromatic carbocycles. The average molecular weight is 407 g/mol. The highest BCUT2D eigenvalue weighted by Crippen LogP contribution is 2.22. The summed E-state index contributed by atoms with van der Waals surface area (Å²) in [6.45, 7) is 1.93. The second-order valence-electron chi connectivity index (χ2n) is 5.26. The molecule has 0 saturated heterocycles. The van der Waals surface area contributed by atoms with Crippen LogP contribution in [0.2, 0.25) is 5.02 Å². The monoisotopic (exact) mass is 406 g/mol. The van der Waals surface area contributed by atoms with Gasteiger partial charge in [-0.2, -0.15) is 0 Å². The molecule has 134 valence electrons. The molecule has 1 heterocycles. The number of nitrogens with one attached hydrogen (secondary N) is 1. The highest BCUT2D eigenvalue weighted by Gasteiger charge is 2.16. The lowest BCUT2D eigenvalue weighted by Crippen LogP contribution is -2.12. The first-order valence-electron chi connectivity index (χ1n) is 7.71. The molecule has 26 heavy (non-hydrogen) atoms. The highest BCUT2D eigenvalue weighted by atomic mass is 35.5. The van der Waals surface area contributed by atoms with Crippen LogP contribution >= 0.6 is 22.9 Å². The summed E-state index contributed by atoms with van der Waals surface area (Å²) in [4.78, 5) is 4.46. The van der Waals surface area contributed by atoms with Gasteiger partial charge in [0.2, 0.25) is 5.13 Å². The molecule has 0 saturated carbocycles. The minimum atomic E-state index is -3.71. The molecule has 1 aromatic heterocycles. The van der Waals surface area contributed by atoms with E-state index in [-0.39, 0.29) is 10.0 Å². The smallest absolute Gasteiger partial charge is 0.256 e. The Morgan fingerprint density at radius 2 is 1.81 bits per heavy atom. The number of aromatic nitrogens is 2. The SMILES string of the molecule is CCc1nnc(NS(=O)(=O)c2ccc(N=Cc3ccc(Cl)cc3)cc2)s1. The van der Waals surface area contributed by atoms with Crippen molar-refractivity contribution in [2.75, 3.05) is 4.72 Å². The van der Waals surface area contributed by atoms with Gasteiger partial charge in [0.25, 0.3) is 10.0 Å². The van der Waals surface area contributed by atoms with Crippen molar-refractivity contribution in [2.45, 2.75) is 18.2 Å². The fraction of sp³-hybridized carbons (Fsp3) is 0.118. The van der Waals surface area contributed by atoms with Crippen LogP contribution in [0.25, 0.3) is 0 Å². The molecule has 0 bridgehead atoms. The first-order valence-corrected chi connectivity index (χ1v) is 10.4. The third kappa shape index (κ3) is 4.66. The zero-order valence-electron chi connectivity index (χ0n) is 13.8. The van der Waals surface area contributed by atoms with Crippen LogP contribution in [0, 0.1) is 0 Å². The molecule has 0 spiro atoms. The average Bonchev–Trinajstić information content (AvgIpc) is 3.08. The molecule has 0 aliphatic carbocycles. The summed E-state index contributed by atoms with van der Waals surface area (Å²) in [6, 6.07) is 13.5. The highest BCUT2D eigenvalue weighted by molar-refractivity contribution is 7.93. The Balaban J connectivity index is 1.72. The molecule has 0 amide bonds. The first kappa shape index (κ1) is 18.5. The van der Waals surface area contributed by atoms with E-state index in [1.54, 1.807) is 30.5 Å². The third-order valence-corrected chi connectivity index (χ3v) is 6.09. The summed E-state index contributed by atoms with van der Waals surface area (Å²) in [6.07, 6.45) is 2.39. The number of halogens is 1. The van der Waals surface area contributed by atoms with Crippen molar-refractivity contribution in [2.24, 2.45) is 4.99 Å². The predicted molar refractivity (Wildman–Crippen MR) is 105 cm³/mol. The van der Waals surface area contributed by atoms with Gasteiger partial charge in [-0.05, 0) is 48.4 Å². The van der Waals surface area contributed by atoms with Gasteiger partial charge in [0.15, 0.2) is 0 Å². The number of nitrogens with zero attached hydrogens (tertiary/aromatic N) is 3. The van der Waals surface area contributed by atoms with Gasteiger partial charge in [0.1, 0.15) is 5.01 Å². The lowest BCUT2D eigenvalue weighted by Gasteiger charge is -2.04. The fourth-order valence-electron chi connectivity index (χ4n) is 2.02. The molecule has 0 aliphatic rings. The molecular formula is C17H15ClN4O2S2. The molecule has 9 heteroatoms. The van der Waals surface area contributed by atoms with Crippen LogP contribution in [0.3, 0.4) is 0 Å². The number of hydrogen-bond donors (Lipinski definition) is 1. The summed E-state index contributed by atoms with van der Waals surface area (Å²) in [7, 11) is -3.71. The molecule has 0 radical (unpaired) electrons. The van der Waals surface area contributed by atoms with Crippen LogP contribution in [0.15, 0.2) is 58.4 Å². The number of hydrogen-bond acceptors (Lipinski definition) is 6. The maximum Gasteiger partial charge on any atom is 0.263 e. The Morgan fingerprint density at radius 1 is 1.12 bits per heavy atom. The summed E-state index contributed by atoms with van der Waals surface area (Å²) < 4.78 is 27.2. The summed E-state index contributed by atoms with van der Waals surface area (Å²) in [5, 5.41) is 9.42. The second-order valence-corrected chi connectivity index (χ2v) is 8.44. The minimum absolute atomic E-state index is 0.135. The van der Waals surface area contributed by atoms with Gasteiger partial charge in [-0.1, -0.05) is 42.0 Å². The van der Waals surface area contributed by atoms with Crippen molar-refractivity contribution in [1.82, 2.24) is 10.2 Å². The summed E-state index contributed by atoms with van der Waals surface area (Å²) in [5.74, 6) is 0. The Bertz CT molecular complexity index is 1010.